The van der Waals surface area contributed by atoms with Crippen molar-refractivity contribution in [3.63, 3.8) is 0 Å². The average Bonchev–Trinajstić information content (AvgIpc) is 2.62. The minimum Gasteiger partial charge on any atom is -0.204 e. The molecule has 0 aliphatic heterocycles. The molecule has 0 fully saturated rings. The van der Waals surface area contributed by atoms with Gasteiger partial charge in [-0.3, -0.25) is 0 Å². The molecule has 2 aromatic rings. The average molecular weight is 351 g/mol. The van der Waals surface area contributed by atoms with Crippen molar-refractivity contribution in [2.75, 3.05) is 0 Å². The number of aryl methyl sites for hydroxylation is 2. The van der Waals surface area contributed by atoms with E-state index in [0.717, 1.165) is 42.5 Å². The zero-order valence-electron chi connectivity index (χ0n) is 13.7. The van der Waals surface area contributed by atoms with Crippen molar-refractivity contribution in [1.29, 1.82) is 0 Å². The van der Waals surface area contributed by atoms with Gasteiger partial charge < -0.3 is 0 Å². The van der Waals surface area contributed by atoms with Gasteiger partial charge in [0, 0.05) is 11.1 Å². The topological polar surface area (TPSA) is 12.4 Å². The van der Waals surface area contributed by atoms with Crippen molar-refractivity contribution in [3.8, 4) is 11.8 Å². The Bertz CT molecular complexity index is 950. The Hall–Kier alpha value is -2.60. The Labute approximate surface area is 151 Å². The van der Waals surface area contributed by atoms with E-state index >= 15 is 0 Å². The first-order chi connectivity index (χ1) is 12.1. The maximum Gasteiger partial charge on any atom is 0.153 e. The van der Waals surface area contributed by atoms with E-state index in [9.17, 15) is 8.78 Å². The van der Waals surface area contributed by atoms with Crippen molar-refractivity contribution in [3.05, 3.63) is 69.8 Å². The summed E-state index contributed by atoms with van der Waals surface area (Å²) in [6.07, 6.45) is 4.81. The molecule has 0 amide bonds. The second-order valence-electron chi connectivity index (χ2n) is 5.80. The summed E-state index contributed by atoms with van der Waals surface area (Å²) >= 11 is 4.39. The van der Waals surface area contributed by atoms with E-state index < -0.39 is 17.3 Å². The molecule has 2 aromatic carbocycles. The second kappa shape index (κ2) is 7.53. The summed E-state index contributed by atoms with van der Waals surface area (Å²) in [5.41, 5.74) is 4.61. The molecule has 0 bridgehead atoms. The Morgan fingerprint density at radius 1 is 1.08 bits per heavy atom. The highest BCUT2D eigenvalue weighted by molar-refractivity contribution is 7.78. The summed E-state index contributed by atoms with van der Waals surface area (Å²) in [6, 6.07) is 8.77. The van der Waals surface area contributed by atoms with Crippen molar-refractivity contribution in [1.82, 2.24) is 0 Å². The lowest BCUT2D eigenvalue weighted by Gasteiger charge is -2.14. The number of hydrogen-bond acceptors (Lipinski definition) is 2. The van der Waals surface area contributed by atoms with Gasteiger partial charge in [0.25, 0.3) is 0 Å². The highest BCUT2D eigenvalue weighted by Crippen LogP contribution is 2.26. The molecule has 1 aliphatic carbocycles. The maximum absolute atomic E-state index is 13.8. The Morgan fingerprint density at radius 3 is 2.52 bits per heavy atom. The van der Waals surface area contributed by atoms with Crippen LogP contribution < -0.4 is 0 Å². The number of hydrogen-bond donors (Lipinski definition) is 0. The maximum atomic E-state index is 13.8. The van der Waals surface area contributed by atoms with Gasteiger partial charge in [-0.05, 0) is 66.4 Å². The molecule has 0 saturated carbocycles. The Morgan fingerprint density at radius 2 is 1.84 bits per heavy atom. The summed E-state index contributed by atoms with van der Waals surface area (Å²) in [6.45, 7) is 2.14. The second-order valence-corrected chi connectivity index (χ2v) is 5.98. The number of isothiocyanates is 1. The number of rotatable bonds is 2. The van der Waals surface area contributed by atoms with Gasteiger partial charge in [-0.25, -0.2) is 8.78 Å². The van der Waals surface area contributed by atoms with Crippen LogP contribution in [0.2, 0.25) is 0 Å². The van der Waals surface area contributed by atoms with Crippen LogP contribution in [0, 0.1) is 23.5 Å². The molecule has 0 heterocycles. The molecule has 0 aromatic heterocycles. The number of halogens is 2. The van der Waals surface area contributed by atoms with Gasteiger partial charge in [0.1, 0.15) is 5.69 Å². The minimum absolute atomic E-state index is 0.270. The standard InChI is InChI=1S/C21H15F2NS/c1-2-14-5-7-18-10-15(6-8-17(18)9-14)3-4-16-11-19(22)21(24-13-25)20(23)12-16/h5,7,9-12H,2,6,8H2,1H3. The van der Waals surface area contributed by atoms with E-state index in [1.165, 1.54) is 11.1 Å². The molecule has 4 heteroatoms. The van der Waals surface area contributed by atoms with Crippen LogP contribution in [0.15, 0.2) is 40.9 Å². The van der Waals surface area contributed by atoms with Crippen LogP contribution in [-0.4, -0.2) is 5.16 Å². The largest absolute Gasteiger partial charge is 0.204 e. The van der Waals surface area contributed by atoms with Crippen LogP contribution in [0.4, 0.5) is 14.5 Å². The summed E-state index contributed by atoms with van der Waals surface area (Å²) in [4.78, 5) is 3.39. The fraction of sp³-hybridized carbons (Fsp3) is 0.190. The Balaban J connectivity index is 1.89. The first-order valence-corrected chi connectivity index (χ1v) is 8.43. The summed E-state index contributed by atoms with van der Waals surface area (Å²) in [5, 5.41) is 1.97. The van der Waals surface area contributed by atoms with E-state index in [1.807, 2.05) is 11.2 Å². The molecular weight excluding hydrogens is 336 g/mol. The molecule has 1 aliphatic rings. The molecule has 0 N–H and O–H groups in total. The zero-order chi connectivity index (χ0) is 17.8. The third-order valence-corrected chi connectivity index (χ3v) is 4.24. The number of thiocarbonyl (C=S) groups is 1. The van der Waals surface area contributed by atoms with Gasteiger partial charge in [-0.2, -0.15) is 4.99 Å². The first kappa shape index (κ1) is 17.2. The van der Waals surface area contributed by atoms with Gasteiger partial charge >= 0.3 is 0 Å². The van der Waals surface area contributed by atoms with Gasteiger partial charge in [0.2, 0.25) is 0 Å². The van der Waals surface area contributed by atoms with E-state index in [2.05, 4.69) is 54.2 Å². The van der Waals surface area contributed by atoms with Crippen molar-refractivity contribution in [2.45, 2.75) is 26.2 Å². The number of nitrogens with zero attached hydrogens (tertiary/aromatic N) is 1. The molecule has 0 saturated heterocycles. The van der Waals surface area contributed by atoms with E-state index in [0.29, 0.717) is 0 Å². The molecule has 0 radical (unpaired) electrons. The lowest BCUT2D eigenvalue weighted by Crippen LogP contribution is -1.99. The van der Waals surface area contributed by atoms with Crippen LogP contribution in [0.3, 0.4) is 0 Å². The van der Waals surface area contributed by atoms with Gasteiger partial charge in [0.15, 0.2) is 11.6 Å². The number of fused-ring (bicyclic) bond motifs is 1. The molecule has 124 valence electrons. The number of benzene rings is 2. The van der Waals surface area contributed by atoms with E-state index in [1.54, 1.807) is 0 Å². The number of aliphatic imine (C=N–C) groups is 1. The molecule has 0 unspecified atom stereocenters. The summed E-state index contributed by atoms with van der Waals surface area (Å²) in [5.74, 6) is 4.27. The van der Waals surface area contributed by atoms with Crippen LogP contribution in [-0.2, 0) is 12.8 Å². The first-order valence-electron chi connectivity index (χ1n) is 8.02. The highest BCUT2D eigenvalue weighted by atomic mass is 32.1. The molecule has 0 atom stereocenters. The van der Waals surface area contributed by atoms with E-state index in [-0.39, 0.29) is 5.56 Å². The number of allylic oxidation sites excluding steroid dienone is 1. The van der Waals surface area contributed by atoms with Gasteiger partial charge in [-0.1, -0.05) is 37.0 Å². The third kappa shape index (κ3) is 3.91. The fourth-order valence-corrected chi connectivity index (χ4v) is 2.90. The van der Waals surface area contributed by atoms with Crippen molar-refractivity contribution >= 4 is 29.1 Å². The quantitative estimate of drug-likeness (QED) is 0.387. The SMILES string of the molecule is CCc1ccc2c(c1)CCC(C#Cc1cc(F)c(N=C=S)c(F)c1)=C2. The molecule has 0 spiro atoms. The molecule has 3 rings (SSSR count). The van der Waals surface area contributed by atoms with Crippen LogP contribution in [0.1, 0.15) is 35.6 Å². The lowest BCUT2D eigenvalue weighted by molar-refractivity contribution is 0.587. The molecule has 25 heavy (non-hydrogen) atoms. The third-order valence-electron chi connectivity index (χ3n) is 4.15. The van der Waals surface area contributed by atoms with Crippen LogP contribution >= 0.6 is 12.2 Å². The van der Waals surface area contributed by atoms with Gasteiger partial charge in [-0.15, -0.1) is 0 Å². The fourth-order valence-electron chi connectivity index (χ4n) is 2.81. The lowest BCUT2D eigenvalue weighted by atomic mass is 9.90. The van der Waals surface area contributed by atoms with Crippen molar-refractivity contribution in [2.24, 2.45) is 4.99 Å². The minimum atomic E-state index is -0.795. The molecule has 1 nitrogen and oxygen atoms in total. The zero-order valence-corrected chi connectivity index (χ0v) is 14.5. The van der Waals surface area contributed by atoms with Crippen molar-refractivity contribution < 1.29 is 8.78 Å². The normalized spacial score (nSPS) is 12.4. The predicted octanol–water partition coefficient (Wildman–Crippen LogP) is 5.64. The van der Waals surface area contributed by atoms with Crippen LogP contribution in [0.25, 0.3) is 6.08 Å². The van der Waals surface area contributed by atoms with Crippen LogP contribution in [0.5, 0.6) is 0 Å². The summed E-state index contributed by atoms with van der Waals surface area (Å²) in [7, 11) is 0. The predicted molar refractivity (Wildman–Crippen MR) is 100 cm³/mol. The highest BCUT2D eigenvalue weighted by Gasteiger charge is 2.11. The monoisotopic (exact) mass is 351 g/mol. The molecular formula is C21H15F2NS. The van der Waals surface area contributed by atoms with E-state index in [4.69, 9.17) is 0 Å². The van der Waals surface area contributed by atoms with Gasteiger partial charge in [0.05, 0.1) is 5.16 Å². The Kier molecular flexibility index (Phi) is 5.19. The smallest absolute Gasteiger partial charge is 0.153 e. The summed E-state index contributed by atoms with van der Waals surface area (Å²) < 4.78 is 27.7.